The first-order valence-electron chi connectivity index (χ1n) is 7.19. The molecular weight excluding hydrogens is 319 g/mol. The molecule has 0 saturated carbocycles. The van der Waals surface area contributed by atoms with Gasteiger partial charge in [0.15, 0.2) is 0 Å². The zero-order valence-corrected chi connectivity index (χ0v) is 13.3. The fourth-order valence-corrected chi connectivity index (χ4v) is 2.25. The molecule has 0 heterocycles. The number of nitrogens with one attached hydrogen (secondary N) is 2. The van der Waals surface area contributed by atoms with Gasteiger partial charge in [-0.3, -0.25) is 0 Å². The van der Waals surface area contributed by atoms with E-state index in [2.05, 4.69) is 10.6 Å². The molecule has 2 rings (SSSR count). The highest BCUT2D eigenvalue weighted by molar-refractivity contribution is 6.30. The van der Waals surface area contributed by atoms with Gasteiger partial charge >= 0.3 is 6.03 Å². The third-order valence-electron chi connectivity index (χ3n) is 3.44. The molecule has 23 heavy (non-hydrogen) atoms. The van der Waals surface area contributed by atoms with Crippen LogP contribution in [0.15, 0.2) is 48.5 Å². The Hall–Kier alpha value is -2.11. The summed E-state index contributed by atoms with van der Waals surface area (Å²) < 4.78 is 13.5. The van der Waals surface area contributed by atoms with E-state index in [1.165, 1.54) is 12.1 Å². The van der Waals surface area contributed by atoms with E-state index in [0.717, 1.165) is 5.56 Å². The lowest BCUT2D eigenvalue weighted by Gasteiger charge is -2.17. The molecular formula is C17H18ClFN2O2. The van der Waals surface area contributed by atoms with E-state index in [-0.39, 0.29) is 18.2 Å². The summed E-state index contributed by atoms with van der Waals surface area (Å²) in [4.78, 5) is 11.9. The molecule has 0 aliphatic rings. The van der Waals surface area contributed by atoms with Gasteiger partial charge in [0.25, 0.3) is 0 Å². The van der Waals surface area contributed by atoms with Crippen molar-refractivity contribution in [3.8, 4) is 0 Å². The number of aliphatic hydroxyl groups excluding tert-OH is 1. The maximum absolute atomic E-state index is 13.5. The minimum absolute atomic E-state index is 0.0832. The molecule has 0 fully saturated rings. The molecule has 2 amide bonds. The van der Waals surface area contributed by atoms with E-state index >= 15 is 0 Å². The number of rotatable bonds is 5. The fraction of sp³-hybridized carbons (Fsp3) is 0.235. The Kier molecular flexibility index (Phi) is 5.96. The van der Waals surface area contributed by atoms with Crippen LogP contribution in [-0.2, 0) is 0 Å². The zero-order chi connectivity index (χ0) is 16.8. The second-order valence-electron chi connectivity index (χ2n) is 5.16. The van der Waals surface area contributed by atoms with Gasteiger partial charge in [-0.1, -0.05) is 41.9 Å². The smallest absolute Gasteiger partial charge is 0.315 e. The molecule has 0 aromatic heterocycles. The fourth-order valence-electron chi connectivity index (χ4n) is 2.13. The van der Waals surface area contributed by atoms with Crippen molar-refractivity contribution in [2.24, 2.45) is 0 Å². The molecule has 0 bridgehead atoms. The Balaban J connectivity index is 1.85. The Morgan fingerprint density at radius 2 is 1.87 bits per heavy atom. The van der Waals surface area contributed by atoms with Crippen LogP contribution >= 0.6 is 11.6 Å². The Morgan fingerprint density at radius 3 is 2.52 bits per heavy atom. The van der Waals surface area contributed by atoms with Crippen molar-refractivity contribution in [1.29, 1.82) is 0 Å². The van der Waals surface area contributed by atoms with E-state index in [4.69, 9.17) is 11.6 Å². The molecule has 0 spiro atoms. The van der Waals surface area contributed by atoms with Crippen LogP contribution in [0.25, 0.3) is 0 Å². The number of aliphatic hydroxyl groups is 1. The van der Waals surface area contributed by atoms with Crippen LogP contribution in [0.5, 0.6) is 0 Å². The summed E-state index contributed by atoms with van der Waals surface area (Å²) in [7, 11) is 0. The lowest BCUT2D eigenvalue weighted by Crippen LogP contribution is -2.39. The second-order valence-corrected chi connectivity index (χ2v) is 5.60. The second kappa shape index (κ2) is 7.94. The van der Waals surface area contributed by atoms with Crippen LogP contribution in [0.1, 0.15) is 30.2 Å². The number of halogens is 2. The lowest BCUT2D eigenvalue weighted by atomic mass is 10.1. The third-order valence-corrected chi connectivity index (χ3v) is 3.69. The Bertz CT molecular complexity index is 664. The predicted molar refractivity (Wildman–Crippen MR) is 87.8 cm³/mol. The minimum Gasteiger partial charge on any atom is -0.386 e. The molecule has 2 aromatic carbocycles. The average molecular weight is 337 g/mol. The number of urea groups is 1. The molecule has 0 saturated heterocycles. The molecule has 2 unspecified atom stereocenters. The van der Waals surface area contributed by atoms with Crippen molar-refractivity contribution in [2.45, 2.75) is 19.1 Å². The van der Waals surface area contributed by atoms with Crippen LogP contribution in [0.2, 0.25) is 5.02 Å². The minimum atomic E-state index is -1.10. The van der Waals surface area contributed by atoms with Gasteiger partial charge in [-0.15, -0.1) is 0 Å². The van der Waals surface area contributed by atoms with E-state index in [0.29, 0.717) is 5.02 Å². The number of carbonyl (C=O) groups excluding carboxylic acids is 1. The molecule has 3 N–H and O–H groups in total. The summed E-state index contributed by atoms with van der Waals surface area (Å²) in [5.74, 6) is -0.503. The number of benzene rings is 2. The first kappa shape index (κ1) is 17.2. The van der Waals surface area contributed by atoms with Crippen molar-refractivity contribution in [1.82, 2.24) is 10.6 Å². The van der Waals surface area contributed by atoms with Gasteiger partial charge in [0.1, 0.15) is 5.82 Å². The summed E-state index contributed by atoms with van der Waals surface area (Å²) in [5.41, 5.74) is 1.05. The molecule has 122 valence electrons. The van der Waals surface area contributed by atoms with Crippen LogP contribution in [0, 0.1) is 5.82 Å². The van der Waals surface area contributed by atoms with Crippen LogP contribution in [0.3, 0.4) is 0 Å². The Labute approximate surface area is 139 Å². The molecule has 0 radical (unpaired) electrons. The highest BCUT2D eigenvalue weighted by Crippen LogP contribution is 2.17. The zero-order valence-electron chi connectivity index (χ0n) is 12.6. The van der Waals surface area contributed by atoms with Crippen LogP contribution in [0.4, 0.5) is 9.18 Å². The topological polar surface area (TPSA) is 61.4 Å². The van der Waals surface area contributed by atoms with Gasteiger partial charge in [0.05, 0.1) is 12.1 Å². The van der Waals surface area contributed by atoms with Crippen molar-refractivity contribution in [3.63, 3.8) is 0 Å². The largest absolute Gasteiger partial charge is 0.386 e. The number of amides is 2. The molecule has 2 aromatic rings. The standard InChI is InChI=1S/C17H18ClFN2O2/c1-11(12-6-8-13(18)9-7-12)21-17(23)20-10-16(22)14-4-2-3-5-15(14)19/h2-9,11,16,22H,10H2,1H3,(H2,20,21,23). The van der Waals surface area contributed by atoms with E-state index in [1.807, 2.05) is 19.1 Å². The van der Waals surface area contributed by atoms with Gasteiger partial charge in [0, 0.05) is 17.1 Å². The van der Waals surface area contributed by atoms with Gasteiger partial charge in [-0.05, 0) is 30.7 Å². The van der Waals surface area contributed by atoms with E-state index in [1.54, 1.807) is 24.3 Å². The van der Waals surface area contributed by atoms with Gasteiger partial charge in [-0.2, -0.15) is 0 Å². The van der Waals surface area contributed by atoms with Gasteiger partial charge < -0.3 is 15.7 Å². The predicted octanol–water partition coefficient (Wildman–Crippen LogP) is 3.57. The molecule has 6 heteroatoms. The first-order valence-corrected chi connectivity index (χ1v) is 7.57. The van der Waals surface area contributed by atoms with Crippen molar-refractivity contribution in [2.75, 3.05) is 6.54 Å². The van der Waals surface area contributed by atoms with Crippen molar-refractivity contribution >= 4 is 17.6 Å². The SMILES string of the molecule is CC(NC(=O)NCC(O)c1ccccc1F)c1ccc(Cl)cc1. The van der Waals surface area contributed by atoms with Gasteiger partial charge in [-0.25, -0.2) is 9.18 Å². The lowest BCUT2D eigenvalue weighted by molar-refractivity contribution is 0.168. The third kappa shape index (κ3) is 4.94. The Morgan fingerprint density at radius 1 is 1.22 bits per heavy atom. The molecule has 0 aliphatic heterocycles. The normalized spacial score (nSPS) is 13.2. The first-order chi connectivity index (χ1) is 11.0. The molecule has 2 atom stereocenters. The highest BCUT2D eigenvalue weighted by atomic mass is 35.5. The van der Waals surface area contributed by atoms with Crippen LogP contribution in [-0.4, -0.2) is 17.7 Å². The molecule has 0 aliphatic carbocycles. The highest BCUT2D eigenvalue weighted by Gasteiger charge is 2.14. The van der Waals surface area contributed by atoms with Crippen molar-refractivity contribution < 1.29 is 14.3 Å². The number of hydrogen-bond donors (Lipinski definition) is 3. The van der Waals surface area contributed by atoms with Crippen LogP contribution < -0.4 is 10.6 Å². The average Bonchev–Trinajstić information content (AvgIpc) is 2.53. The summed E-state index contributed by atoms with van der Waals surface area (Å²) in [6.07, 6.45) is -1.10. The maximum Gasteiger partial charge on any atom is 0.315 e. The summed E-state index contributed by atoms with van der Waals surface area (Å²) >= 11 is 5.82. The van der Waals surface area contributed by atoms with Gasteiger partial charge in [0.2, 0.25) is 0 Å². The monoisotopic (exact) mass is 336 g/mol. The quantitative estimate of drug-likeness (QED) is 0.781. The maximum atomic E-state index is 13.5. The van der Waals surface area contributed by atoms with Crippen molar-refractivity contribution in [3.05, 3.63) is 70.5 Å². The summed E-state index contributed by atoms with van der Waals surface area (Å²) in [5, 5.41) is 15.8. The molecule has 4 nitrogen and oxygen atoms in total. The summed E-state index contributed by atoms with van der Waals surface area (Å²) in [6, 6.07) is 12.4. The number of hydrogen-bond acceptors (Lipinski definition) is 2. The van der Waals surface area contributed by atoms with E-state index in [9.17, 15) is 14.3 Å². The summed E-state index contributed by atoms with van der Waals surface area (Å²) in [6.45, 7) is 1.75. The number of carbonyl (C=O) groups is 1. The van der Waals surface area contributed by atoms with E-state index < -0.39 is 18.0 Å².